The average molecular weight is 691 g/mol. The second-order valence-electron chi connectivity index (χ2n) is 10.5. The maximum atomic E-state index is 13.3. The van der Waals surface area contributed by atoms with Crippen LogP contribution in [0.5, 0.6) is 0 Å². The number of amides is 3. The molecule has 0 saturated carbocycles. The summed E-state index contributed by atoms with van der Waals surface area (Å²) in [4.78, 5) is 76.4. The van der Waals surface area contributed by atoms with Crippen LogP contribution in [0.25, 0.3) is 0 Å². The van der Waals surface area contributed by atoms with Crippen molar-refractivity contribution < 1.29 is 43.6 Å². The molecule has 1 saturated heterocycles. The summed E-state index contributed by atoms with van der Waals surface area (Å²) in [5, 5.41) is 28.9. The molecule has 2 aliphatic rings. The van der Waals surface area contributed by atoms with E-state index in [9.17, 15) is 34.2 Å². The van der Waals surface area contributed by atoms with E-state index in [2.05, 4.69) is 25.8 Å². The predicted molar refractivity (Wildman–Crippen MR) is 170 cm³/mol. The van der Waals surface area contributed by atoms with Crippen LogP contribution in [0.2, 0.25) is 0 Å². The molecule has 250 valence electrons. The zero-order valence-electron chi connectivity index (χ0n) is 25.0. The predicted octanol–water partition coefficient (Wildman–Crippen LogP) is -1.56. The van der Waals surface area contributed by atoms with Crippen LogP contribution in [0.1, 0.15) is 26.0 Å². The molecule has 3 amide bonds. The maximum absolute atomic E-state index is 13.3. The maximum Gasteiger partial charge on any atom is 0.352 e. The number of nitrogens with zero attached hydrogens (tertiary/aromatic N) is 5. The molecule has 2 aromatic heterocycles. The summed E-state index contributed by atoms with van der Waals surface area (Å²) >= 11 is 2.21. The van der Waals surface area contributed by atoms with Crippen molar-refractivity contribution in [2.75, 3.05) is 34.8 Å². The highest BCUT2D eigenvalue weighted by Crippen LogP contribution is 2.40. The van der Waals surface area contributed by atoms with Crippen molar-refractivity contribution in [3.05, 3.63) is 40.8 Å². The fourth-order valence-corrected chi connectivity index (χ4v) is 6.10. The molecule has 47 heavy (non-hydrogen) atoms. The Labute approximate surface area is 274 Å². The van der Waals surface area contributed by atoms with Crippen molar-refractivity contribution in [3.63, 3.8) is 0 Å². The first-order valence-corrected chi connectivity index (χ1v) is 15.6. The molecule has 0 radical (unpaired) electrons. The summed E-state index contributed by atoms with van der Waals surface area (Å²) in [5.41, 5.74) is 21.1. The number of nitrogens with one attached hydrogen (secondary N) is 2. The van der Waals surface area contributed by atoms with E-state index in [-0.39, 0.29) is 59.1 Å². The molecule has 0 aromatic carbocycles. The smallest absolute Gasteiger partial charge is 0.352 e. The number of thiazole rings is 1. The third-order valence-corrected chi connectivity index (χ3v) is 8.74. The first-order chi connectivity index (χ1) is 22.2. The molecule has 1 fully saturated rings. The summed E-state index contributed by atoms with van der Waals surface area (Å²) in [6, 6.07) is -1.13. The minimum absolute atomic E-state index is 0.00219. The standard InChI is InChI=1S/C26H31N11O8S2/c1-26(2,24(43)44)45-35-14(12-9-47-25(30)32-12)20(39)34-16-21(40)37-17(23(41)42)11(8-46-22(16)37)4-3-7-36-10-31-18(28)15(19(36)29)33-13(38)5-6-27/h3-4,9-10,16,22H,5-8,27H2,1-2H3,(H9,28,29,30,32,33,34,35,38,39,41,42,43,44)/p+1/b4-3+/t16-,22-/m1/s1. The van der Waals surface area contributed by atoms with Crippen LogP contribution in [-0.2, 0) is 35.4 Å². The van der Waals surface area contributed by atoms with Gasteiger partial charge in [-0.15, -0.1) is 23.1 Å². The van der Waals surface area contributed by atoms with E-state index in [0.29, 0.717) is 5.57 Å². The molecule has 4 rings (SSSR count). The van der Waals surface area contributed by atoms with Gasteiger partial charge < -0.3 is 48.6 Å². The Kier molecular flexibility index (Phi) is 10.3. The normalized spacial score (nSPS) is 18.1. The minimum atomic E-state index is -1.79. The molecule has 0 unspecified atom stereocenters. The fourth-order valence-electron chi connectivity index (χ4n) is 4.23. The van der Waals surface area contributed by atoms with E-state index in [1.165, 1.54) is 48.0 Å². The lowest BCUT2D eigenvalue weighted by atomic mass is 10.0. The monoisotopic (exact) mass is 690 g/mol. The number of fused-ring (bicyclic) bond motifs is 1. The number of nitrogen functional groups attached to an aromatic ring is 3. The fraction of sp³-hybridized carbons (Fsp3) is 0.346. The third kappa shape index (κ3) is 7.42. The van der Waals surface area contributed by atoms with E-state index in [1.54, 1.807) is 6.08 Å². The van der Waals surface area contributed by atoms with Gasteiger partial charge in [0.1, 0.15) is 22.8 Å². The van der Waals surface area contributed by atoms with Gasteiger partial charge in [-0.1, -0.05) is 22.3 Å². The van der Waals surface area contributed by atoms with Crippen LogP contribution in [-0.4, -0.2) is 89.8 Å². The second-order valence-corrected chi connectivity index (χ2v) is 12.5. The first kappa shape index (κ1) is 34.6. The van der Waals surface area contributed by atoms with Crippen molar-refractivity contribution >= 4 is 80.9 Å². The number of β-lactam (4-membered cyclic amide) rings is 1. The zero-order chi connectivity index (χ0) is 34.6. The molecule has 2 aliphatic heterocycles. The van der Waals surface area contributed by atoms with Gasteiger partial charge in [-0.05, 0) is 19.4 Å². The van der Waals surface area contributed by atoms with Crippen molar-refractivity contribution in [2.45, 2.75) is 43.8 Å². The molecule has 21 heteroatoms. The summed E-state index contributed by atoms with van der Waals surface area (Å²) < 4.78 is 1.47. The highest BCUT2D eigenvalue weighted by atomic mass is 32.2. The van der Waals surface area contributed by atoms with E-state index < -0.39 is 52.4 Å². The molecular formula is C26H32N11O8S2+. The molecule has 4 heterocycles. The number of aliphatic carboxylic acids is 2. The molecule has 19 nitrogen and oxygen atoms in total. The number of carboxylic acids is 2. The first-order valence-electron chi connectivity index (χ1n) is 13.7. The van der Waals surface area contributed by atoms with Crippen molar-refractivity contribution in [1.82, 2.24) is 20.2 Å². The van der Waals surface area contributed by atoms with Gasteiger partial charge in [0.15, 0.2) is 16.5 Å². The molecular weight excluding hydrogens is 658 g/mol. The number of hydrogen-bond acceptors (Lipinski definition) is 15. The van der Waals surface area contributed by atoms with Crippen LogP contribution >= 0.6 is 23.1 Å². The Morgan fingerprint density at radius 1 is 1.26 bits per heavy atom. The second kappa shape index (κ2) is 14.0. The number of rotatable bonds is 13. The Balaban J connectivity index is 1.51. The number of allylic oxidation sites excluding steroid dienone is 2. The van der Waals surface area contributed by atoms with Crippen LogP contribution in [0, 0.1) is 0 Å². The van der Waals surface area contributed by atoms with E-state index >= 15 is 0 Å². The number of carbonyl (C=O) groups excluding carboxylic acids is 3. The number of carboxylic acid groups (broad SMARTS) is 2. The van der Waals surface area contributed by atoms with Crippen LogP contribution in [0.4, 0.5) is 22.5 Å². The van der Waals surface area contributed by atoms with Crippen molar-refractivity contribution in [2.24, 2.45) is 10.9 Å². The van der Waals surface area contributed by atoms with Gasteiger partial charge in [0, 0.05) is 24.1 Å². The Morgan fingerprint density at radius 2 is 1.98 bits per heavy atom. The molecule has 0 bridgehead atoms. The number of thioether (sulfide) groups is 1. The summed E-state index contributed by atoms with van der Waals surface area (Å²) in [7, 11) is 0. The van der Waals surface area contributed by atoms with Crippen LogP contribution in [0.15, 0.2) is 40.3 Å². The lowest BCUT2D eigenvalue weighted by molar-refractivity contribution is -0.674. The Bertz CT molecular complexity index is 1720. The lowest BCUT2D eigenvalue weighted by Gasteiger charge is -2.49. The summed E-state index contributed by atoms with van der Waals surface area (Å²) in [6.45, 7) is 2.69. The largest absolute Gasteiger partial charge is 0.478 e. The molecule has 0 spiro atoms. The SMILES string of the molecule is CC(C)(O/N=C(\C(=O)N[C@@H]1C(=O)N2C(C(=O)O)=C(/C=C/C[n+]3cnc(N)c(NC(=O)CCN)c3N)CS[C@H]12)c1csc(N)n1)C(=O)O. The highest BCUT2D eigenvalue weighted by Gasteiger charge is 2.54. The molecule has 0 aliphatic carbocycles. The number of carbonyl (C=O) groups is 5. The number of anilines is 4. The van der Waals surface area contributed by atoms with Gasteiger partial charge in [0.2, 0.25) is 29.5 Å². The zero-order valence-corrected chi connectivity index (χ0v) is 26.6. The van der Waals surface area contributed by atoms with Gasteiger partial charge in [0.25, 0.3) is 11.8 Å². The Hall–Kier alpha value is -5.28. The van der Waals surface area contributed by atoms with Gasteiger partial charge in [0.05, 0.1) is 6.54 Å². The topological polar surface area (TPSA) is 308 Å². The number of nitrogens with two attached hydrogens (primary N) is 4. The average Bonchev–Trinajstić information content (AvgIpc) is 3.44. The number of hydrogen-bond donors (Lipinski definition) is 8. The number of oxime groups is 1. The van der Waals surface area contributed by atoms with Gasteiger partial charge in [-0.25, -0.2) is 19.1 Å². The van der Waals surface area contributed by atoms with Crippen LogP contribution in [0.3, 0.4) is 0 Å². The summed E-state index contributed by atoms with van der Waals surface area (Å²) in [6.07, 6.45) is 4.53. The Morgan fingerprint density at radius 3 is 2.60 bits per heavy atom. The van der Waals surface area contributed by atoms with Crippen LogP contribution < -0.4 is 38.1 Å². The van der Waals surface area contributed by atoms with E-state index in [0.717, 1.165) is 16.2 Å². The molecule has 2 aromatic rings. The molecule has 2 atom stereocenters. The summed E-state index contributed by atoms with van der Waals surface area (Å²) in [5.74, 6) is -4.43. The lowest BCUT2D eigenvalue weighted by Crippen LogP contribution is -2.71. The highest BCUT2D eigenvalue weighted by molar-refractivity contribution is 8.00. The van der Waals surface area contributed by atoms with Gasteiger partial charge in [-0.3, -0.25) is 19.3 Å². The third-order valence-electron chi connectivity index (χ3n) is 6.76. The van der Waals surface area contributed by atoms with Crippen molar-refractivity contribution in [1.29, 1.82) is 0 Å². The van der Waals surface area contributed by atoms with Gasteiger partial charge >= 0.3 is 11.9 Å². The quantitative estimate of drug-likeness (QED) is 0.0510. The van der Waals surface area contributed by atoms with Gasteiger partial charge in [-0.2, -0.15) is 0 Å². The number of aromatic nitrogens is 3. The molecule has 12 N–H and O–H groups in total. The van der Waals surface area contributed by atoms with Crippen molar-refractivity contribution in [3.8, 4) is 0 Å². The van der Waals surface area contributed by atoms with E-state index in [1.807, 2.05) is 0 Å². The minimum Gasteiger partial charge on any atom is -0.478 e. The van der Waals surface area contributed by atoms with E-state index in [4.69, 9.17) is 27.8 Å².